The van der Waals surface area contributed by atoms with E-state index in [1.807, 2.05) is 0 Å². The Bertz CT molecular complexity index is 108. The molecule has 11 heavy (non-hydrogen) atoms. The lowest BCUT2D eigenvalue weighted by Crippen LogP contribution is -2.30. The Labute approximate surface area is 68.2 Å². The van der Waals surface area contributed by atoms with E-state index < -0.39 is 0 Å². The van der Waals surface area contributed by atoms with Gasteiger partial charge in [-0.1, -0.05) is 6.92 Å². The van der Waals surface area contributed by atoms with E-state index in [1.165, 1.54) is 6.42 Å². The fraction of sp³-hybridized carbons (Fsp3) is 1.00. The summed E-state index contributed by atoms with van der Waals surface area (Å²) < 4.78 is 0. The maximum atomic E-state index is 8.47. The third-order valence-electron chi connectivity index (χ3n) is 2.44. The molecule has 0 aromatic carbocycles. The van der Waals surface area contributed by atoms with Crippen molar-refractivity contribution in [3.8, 4) is 0 Å². The minimum atomic E-state index is 0.0983. The molecule has 2 atom stereocenters. The van der Waals surface area contributed by atoms with Crippen LogP contribution >= 0.6 is 0 Å². The molecule has 66 valence electrons. The van der Waals surface area contributed by atoms with E-state index in [9.17, 15) is 0 Å². The summed E-state index contributed by atoms with van der Waals surface area (Å²) >= 11 is 0. The Morgan fingerprint density at radius 2 is 2.45 bits per heavy atom. The molecule has 3 heteroatoms. The molecule has 2 unspecified atom stereocenters. The molecule has 1 fully saturated rings. The SMILES string of the molecule is CC1CCNC1CCNCO. The van der Waals surface area contributed by atoms with E-state index in [0.717, 1.165) is 25.4 Å². The summed E-state index contributed by atoms with van der Waals surface area (Å²) in [5.74, 6) is 0.801. The Morgan fingerprint density at radius 3 is 3.00 bits per heavy atom. The first-order valence-corrected chi connectivity index (χ1v) is 4.39. The second kappa shape index (κ2) is 4.70. The van der Waals surface area contributed by atoms with Gasteiger partial charge in [0.1, 0.15) is 0 Å². The predicted molar refractivity (Wildman–Crippen MR) is 45.3 cm³/mol. The number of nitrogens with one attached hydrogen (secondary N) is 2. The molecule has 1 saturated heterocycles. The molecule has 0 aliphatic carbocycles. The topological polar surface area (TPSA) is 44.3 Å². The summed E-state index contributed by atoms with van der Waals surface area (Å²) in [6.07, 6.45) is 2.42. The van der Waals surface area contributed by atoms with Crippen LogP contribution in [0.4, 0.5) is 0 Å². The quantitative estimate of drug-likeness (QED) is 0.396. The van der Waals surface area contributed by atoms with Crippen molar-refractivity contribution in [1.29, 1.82) is 0 Å². The molecule has 0 amide bonds. The Kier molecular flexibility index (Phi) is 3.83. The third kappa shape index (κ3) is 2.77. The van der Waals surface area contributed by atoms with Crippen LogP contribution in [-0.2, 0) is 0 Å². The normalized spacial score (nSPS) is 31.1. The molecule has 0 spiro atoms. The van der Waals surface area contributed by atoms with E-state index in [1.54, 1.807) is 0 Å². The van der Waals surface area contributed by atoms with Gasteiger partial charge in [0.2, 0.25) is 0 Å². The summed E-state index contributed by atoms with van der Waals surface area (Å²) in [6, 6.07) is 0.661. The molecule has 0 radical (unpaired) electrons. The summed E-state index contributed by atoms with van der Waals surface area (Å²) in [7, 11) is 0. The van der Waals surface area contributed by atoms with Crippen molar-refractivity contribution in [3.63, 3.8) is 0 Å². The van der Waals surface area contributed by atoms with Crippen LogP contribution in [0.1, 0.15) is 19.8 Å². The first-order valence-electron chi connectivity index (χ1n) is 4.39. The molecule has 1 aliphatic rings. The highest BCUT2D eigenvalue weighted by Crippen LogP contribution is 2.16. The van der Waals surface area contributed by atoms with Crippen LogP contribution in [0.5, 0.6) is 0 Å². The van der Waals surface area contributed by atoms with E-state index in [4.69, 9.17) is 5.11 Å². The van der Waals surface area contributed by atoms with Crippen molar-refractivity contribution in [2.24, 2.45) is 5.92 Å². The van der Waals surface area contributed by atoms with Crippen molar-refractivity contribution in [1.82, 2.24) is 10.6 Å². The zero-order valence-electron chi connectivity index (χ0n) is 7.14. The molecule has 0 bridgehead atoms. The largest absolute Gasteiger partial charge is 0.381 e. The van der Waals surface area contributed by atoms with Crippen molar-refractivity contribution in [2.75, 3.05) is 19.8 Å². The molecule has 1 aliphatic heterocycles. The molecular formula is C8H18N2O. The molecule has 0 aromatic heterocycles. The zero-order chi connectivity index (χ0) is 8.10. The zero-order valence-corrected chi connectivity index (χ0v) is 7.14. The fourth-order valence-electron chi connectivity index (χ4n) is 1.62. The lowest BCUT2D eigenvalue weighted by atomic mass is 10.0. The highest BCUT2D eigenvalue weighted by atomic mass is 16.3. The number of rotatable bonds is 4. The average Bonchev–Trinajstić information content (AvgIpc) is 2.37. The minimum Gasteiger partial charge on any atom is -0.381 e. The van der Waals surface area contributed by atoms with Gasteiger partial charge in [-0.3, -0.25) is 5.32 Å². The molecular weight excluding hydrogens is 140 g/mol. The summed E-state index contributed by atoms with van der Waals surface area (Å²) in [4.78, 5) is 0. The highest BCUT2D eigenvalue weighted by molar-refractivity contribution is 4.80. The third-order valence-corrected chi connectivity index (χ3v) is 2.44. The van der Waals surface area contributed by atoms with Crippen LogP contribution in [0.15, 0.2) is 0 Å². The molecule has 0 saturated carbocycles. The molecule has 0 aromatic rings. The monoisotopic (exact) mass is 158 g/mol. The van der Waals surface area contributed by atoms with E-state index in [-0.39, 0.29) is 6.73 Å². The van der Waals surface area contributed by atoms with Gasteiger partial charge in [-0.2, -0.15) is 0 Å². The van der Waals surface area contributed by atoms with Crippen LogP contribution in [0.25, 0.3) is 0 Å². The number of aliphatic hydroxyl groups is 1. The number of aliphatic hydroxyl groups excluding tert-OH is 1. The fourth-order valence-corrected chi connectivity index (χ4v) is 1.62. The van der Waals surface area contributed by atoms with Crippen LogP contribution in [0.2, 0.25) is 0 Å². The predicted octanol–water partition coefficient (Wildman–Crippen LogP) is -0.0861. The van der Waals surface area contributed by atoms with Gasteiger partial charge in [-0.05, 0) is 31.8 Å². The first kappa shape index (κ1) is 8.97. The molecule has 1 rings (SSSR count). The van der Waals surface area contributed by atoms with Crippen LogP contribution < -0.4 is 10.6 Å². The number of hydrogen-bond donors (Lipinski definition) is 3. The second-order valence-electron chi connectivity index (χ2n) is 3.27. The van der Waals surface area contributed by atoms with E-state index in [0.29, 0.717) is 6.04 Å². The van der Waals surface area contributed by atoms with Crippen molar-refractivity contribution >= 4 is 0 Å². The summed E-state index contributed by atoms with van der Waals surface area (Å²) in [5, 5.41) is 14.8. The van der Waals surface area contributed by atoms with Crippen molar-refractivity contribution in [3.05, 3.63) is 0 Å². The second-order valence-corrected chi connectivity index (χ2v) is 3.27. The maximum absolute atomic E-state index is 8.47. The average molecular weight is 158 g/mol. The summed E-state index contributed by atoms with van der Waals surface area (Å²) in [5.41, 5.74) is 0. The van der Waals surface area contributed by atoms with E-state index >= 15 is 0 Å². The van der Waals surface area contributed by atoms with Gasteiger partial charge >= 0.3 is 0 Å². The van der Waals surface area contributed by atoms with Crippen LogP contribution in [0, 0.1) is 5.92 Å². The molecule has 3 N–H and O–H groups in total. The van der Waals surface area contributed by atoms with Crippen LogP contribution in [0.3, 0.4) is 0 Å². The van der Waals surface area contributed by atoms with Gasteiger partial charge in [-0.15, -0.1) is 0 Å². The highest BCUT2D eigenvalue weighted by Gasteiger charge is 2.21. The maximum Gasteiger partial charge on any atom is 0.0931 e. The Balaban J connectivity index is 2.05. The first-order chi connectivity index (χ1) is 5.34. The van der Waals surface area contributed by atoms with Gasteiger partial charge in [0, 0.05) is 6.04 Å². The summed E-state index contributed by atoms with van der Waals surface area (Å²) in [6.45, 7) is 4.45. The van der Waals surface area contributed by atoms with Crippen molar-refractivity contribution < 1.29 is 5.11 Å². The van der Waals surface area contributed by atoms with Crippen molar-refractivity contribution in [2.45, 2.75) is 25.8 Å². The lowest BCUT2D eigenvalue weighted by molar-refractivity contribution is 0.256. The van der Waals surface area contributed by atoms with Gasteiger partial charge in [0.15, 0.2) is 0 Å². The van der Waals surface area contributed by atoms with E-state index in [2.05, 4.69) is 17.6 Å². The smallest absolute Gasteiger partial charge is 0.0931 e. The molecule has 3 nitrogen and oxygen atoms in total. The minimum absolute atomic E-state index is 0.0983. The van der Waals surface area contributed by atoms with Gasteiger partial charge in [-0.25, -0.2) is 0 Å². The Morgan fingerprint density at radius 1 is 1.64 bits per heavy atom. The van der Waals surface area contributed by atoms with Gasteiger partial charge in [0.05, 0.1) is 6.73 Å². The molecule has 1 heterocycles. The van der Waals surface area contributed by atoms with Gasteiger partial charge in [0.25, 0.3) is 0 Å². The standard InChI is InChI=1S/C8H18N2O/c1-7-2-5-10-8(7)3-4-9-6-11/h7-11H,2-6H2,1H3. The lowest BCUT2D eigenvalue weighted by Gasteiger charge is -2.14. The Hall–Kier alpha value is -0.120. The van der Waals surface area contributed by atoms with Crippen LogP contribution in [-0.4, -0.2) is 31.0 Å². The number of hydrogen-bond acceptors (Lipinski definition) is 3. The van der Waals surface area contributed by atoms with Gasteiger partial charge < -0.3 is 10.4 Å².